The average molecular weight is 1140 g/mol. The molecule has 0 aromatic heterocycles. The van der Waals surface area contributed by atoms with Gasteiger partial charge in [0.05, 0.1) is 0 Å². The van der Waals surface area contributed by atoms with Crippen molar-refractivity contribution in [1.82, 2.24) is 0 Å². The molecule has 0 radical (unpaired) electrons. The van der Waals surface area contributed by atoms with E-state index < -0.39 is 6.10 Å². The van der Waals surface area contributed by atoms with Gasteiger partial charge in [0.2, 0.25) is 0 Å². The van der Waals surface area contributed by atoms with Gasteiger partial charge in [0.25, 0.3) is 0 Å². The zero-order chi connectivity index (χ0) is 58.5. The molecule has 0 rings (SSSR count). The minimum atomic E-state index is -0.770. The Hall–Kier alpha value is -1.85. The fourth-order valence-corrected chi connectivity index (χ4v) is 11.7. The molecule has 0 bridgehead atoms. The maximum atomic E-state index is 13.0. The lowest BCUT2D eigenvalue weighted by Gasteiger charge is -2.18. The lowest BCUT2D eigenvalue weighted by atomic mass is 10.0. The van der Waals surface area contributed by atoms with Crippen LogP contribution in [0.5, 0.6) is 0 Å². The average Bonchev–Trinajstić information content (AvgIpc) is 3.46. The maximum absolute atomic E-state index is 13.0. The third kappa shape index (κ3) is 68.8. The van der Waals surface area contributed by atoms with E-state index in [9.17, 15) is 14.4 Å². The van der Waals surface area contributed by atoms with Gasteiger partial charge >= 0.3 is 17.9 Å². The van der Waals surface area contributed by atoms with Gasteiger partial charge in [0.1, 0.15) is 13.2 Å². The van der Waals surface area contributed by atoms with Gasteiger partial charge in [-0.3, -0.25) is 14.4 Å². The summed E-state index contributed by atoms with van der Waals surface area (Å²) in [6.07, 6.45) is 85.5. The first kappa shape index (κ1) is 79.2. The fourth-order valence-electron chi connectivity index (χ4n) is 11.7. The first-order chi connectivity index (χ1) is 40.0. The summed E-state index contributed by atoms with van der Waals surface area (Å²) in [4.78, 5) is 38.5. The largest absolute Gasteiger partial charge is 0.462 e. The summed E-state index contributed by atoms with van der Waals surface area (Å²) < 4.78 is 17.0. The van der Waals surface area contributed by atoms with Gasteiger partial charge in [0.15, 0.2) is 6.10 Å². The van der Waals surface area contributed by atoms with Crippen molar-refractivity contribution in [2.24, 2.45) is 0 Å². The number of hydrogen-bond acceptors (Lipinski definition) is 6. The highest BCUT2D eigenvalue weighted by Gasteiger charge is 2.20. The zero-order valence-electron chi connectivity index (χ0n) is 55.4. The highest BCUT2D eigenvalue weighted by atomic mass is 16.6. The second kappa shape index (κ2) is 70.6. The second-order valence-corrected chi connectivity index (χ2v) is 25.6. The van der Waals surface area contributed by atoms with Crippen LogP contribution in [0.1, 0.15) is 432 Å². The number of unbranched alkanes of at least 4 members (excludes halogenated alkanes) is 57. The summed E-state index contributed by atoms with van der Waals surface area (Å²) >= 11 is 0. The molecule has 0 saturated heterocycles. The highest BCUT2D eigenvalue weighted by Crippen LogP contribution is 2.20. The molecule has 0 aromatic rings. The SMILES string of the molecule is CCCCCC/C=C\CCCCCCCC(=O)OCC(COC(=O)CCCCCCCCCCCCCCCCCCCCCCCCCCCC)OC(=O)CCCCCCCCCCCCCCCCCCCCCCCCCC. The summed E-state index contributed by atoms with van der Waals surface area (Å²) in [5, 5.41) is 0. The molecule has 6 nitrogen and oxygen atoms in total. The van der Waals surface area contributed by atoms with Crippen molar-refractivity contribution in [3.05, 3.63) is 12.2 Å². The maximum Gasteiger partial charge on any atom is 0.306 e. The summed E-state index contributed by atoms with van der Waals surface area (Å²) in [6, 6.07) is 0. The molecule has 480 valence electrons. The van der Waals surface area contributed by atoms with Crippen LogP contribution in [-0.2, 0) is 28.6 Å². The number of ether oxygens (including phenoxy) is 3. The molecule has 0 aromatic carbocycles. The van der Waals surface area contributed by atoms with Crippen molar-refractivity contribution >= 4 is 17.9 Å². The molecule has 0 aliphatic heterocycles. The normalized spacial score (nSPS) is 12.0. The predicted octanol–water partition coefficient (Wildman–Crippen LogP) is 25.6. The number of carbonyl (C=O) groups excluding carboxylic acids is 3. The molecular weight excluding hydrogens is 997 g/mol. The molecule has 0 aliphatic carbocycles. The van der Waals surface area contributed by atoms with Crippen LogP contribution < -0.4 is 0 Å². The van der Waals surface area contributed by atoms with Crippen molar-refractivity contribution in [2.75, 3.05) is 13.2 Å². The van der Waals surface area contributed by atoms with Gasteiger partial charge in [-0.15, -0.1) is 0 Å². The van der Waals surface area contributed by atoms with Crippen LogP contribution in [0.15, 0.2) is 12.2 Å². The molecule has 0 N–H and O–H groups in total. The fraction of sp³-hybridized carbons (Fsp3) is 0.933. The van der Waals surface area contributed by atoms with Gasteiger partial charge in [-0.2, -0.15) is 0 Å². The van der Waals surface area contributed by atoms with E-state index >= 15 is 0 Å². The molecule has 1 atom stereocenters. The zero-order valence-corrected chi connectivity index (χ0v) is 55.4. The molecule has 6 heteroatoms. The Balaban J connectivity index is 4.18. The highest BCUT2D eigenvalue weighted by molar-refractivity contribution is 5.71. The molecule has 0 heterocycles. The molecule has 1 unspecified atom stereocenters. The van der Waals surface area contributed by atoms with Crippen molar-refractivity contribution < 1.29 is 28.6 Å². The van der Waals surface area contributed by atoms with Crippen LogP contribution in [0, 0.1) is 0 Å². The molecule has 0 fully saturated rings. The quantitative estimate of drug-likeness (QED) is 0.0261. The van der Waals surface area contributed by atoms with Gasteiger partial charge < -0.3 is 14.2 Å². The number of hydrogen-bond donors (Lipinski definition) is 0. The van der Waals surface area contributed by atoms with Crippen LogP contribution in [0.3, 0.4) is 0 Å². The van der Waals surface area contributed by atoms with Crippen LogP contribution in [0.4, 0.5) is 0 Å². The summed E-state index contributed by atoms with van der Waals surface area (Å²) in [5.74, 6) is -0.837. The lowest BCUT2D eigenvalue weighted by Crippen LogP contribution is -2.30. The monoisotopic (exact) mass is 1140 g/mol. The van der Waals surface area contributed by atoms with Crippen LogP contribution in [0.25, 0.3) is 0 Å². The van der Waals surface area contributed by atoms with E-state index in [1.54, 1.807) is 0 Å². The van der Waals surface area contributed by atoms with Gasteiger partial charge in [-0.25, -0.2) is 0 Å². The second-order valence-electron chi connectivity index (χ2n) is 25.6. The summed E-state index contributed by atoms with van der Waals surface area (Å²) in [7, 11) is 0. The molecular formula is C75H144O6. The van der Waals surface area contributed by atoms with E-state index in [1.165, 1.54) is 327 Å². The molecule has 0 spiro atoms. The Morgan fingerprint density at radius 1 is 0.235 bits per heavy atom. The Morgan fingerprint density at radius 3 is 0.630 bits per heavy atom. The predicted molar refractivity (Wildman–Crippen MR) is 353 cm³/mol. The first-order valence-electron chi connectivity index (χ1n) is 37.2. The van der Waals surface area contributed by atoms with Gasteiger partial charge in [-0.05, 0) is 44.9 Å². The van der Waals surface area contributed by atoms with Crippen LogP contribution in [0.2, 0.25) is 0 Å². The minimum Gasteiger partial charge on any atom is -0.462 e. The van der Waals surface area contributed by atoms with E-state index in [0.717, 1.165) is 64.2 Å². The summed E-state index contributed by atoms with van der Waals surface area (Å²) in [5.41, 5.74) is 0. The number of allylic oxidation sites excluding steroid dienone is 2. The molecule has 0 aliphatic rings. The third-order valence-electron chi connectivity index (χ3n) is 17.3. The Bertz CT molecular complexity index is 1260. The lowest BCUT2D eigenvalue weighted by molar-refractivity contribution is -0.167. The van der Waals surface area contributed by atoms with E-state index in [1.807, 2.05) is 0 Å². The smallest absolute Gasteiger partial charge is 0.306 e. The molecule has 0 amide bonds. The van der Waals surface area contributed by atoms with E-state index in [-0.39, 0.29) is 31.1 Å². The Morgan fingerprint density at radius 2 is 0.407 bits per heavy atom. The Kier molecular flexibility index (Phi) is 69.0. The molecule has 0 saturated carbocycles. The van der Waals surface area contributed by atoms with Crippen molar-refractivity contribution in [2.45, 2.75) is 438 Å². The van der Waals surface area contributed by atoms with Gasteiger partial charge in [-0.1, -0.05) is 380 Å². The number of rotatable bonds is 70. The van der Waals surface area contributed by atoms with E-state index in [2.05, 4.69) is 32.9 Å². The van der Waals surface area contributed by atoms with Gasteiger partial charge in [0, 0.05) is 19.3 Å². The van der Waals surface area contributed by atoms with Crippen LogP contribution >= 0.6 is 0 Å². The standard InChI is InChI=1S/C75H144O6/c1-4-7-10-13-16-19-22-25-27-29-31-33-35-37-38-40-41-43-45-47-50-53-56-59-62-65-68-74(77)80-71-72(70-79-73(76)67-64-61-58-55-52-49-24-21-18-15-12-9-6-3)81-75(78)69-66-63-60-57-54-51-48-46-44-42-39-36-34-32-30-28-26-23-20-17-14-11-8-5-2/h21,24,72H,4-20,22-23,25-71H2,1-3H3/b24-21-. The molecule has 81 heavy (non-hydrogen) atoms. The minimum absolute atomic E-state index is 0.0655. The van der Waals surface area contributed by atoms with Crippen molar-refractivity contribution in [3.8, 4) is 0 Å². The van der Waals surface area contributed by atoms with E-state index in [0.29, 0.717) is 19.3 Å². The van der Waals surface area contributed by atoms with E-state index in [4.69, 9.17) is 14.2 Å². The Labute approximate surface area is 507 Å². The topological polar surface area (TPSA) is 78.9 Å². The number of carbonyl (C=O) groups is 3. The summed E-state index contributed by atoms with van der Waals surface area (Å²) in [6.45, 7) is 6.72. The third-order valence-corrected chi connectivity index (χ3v) is 17.3. The first-order valence-corrected chi connectivity index (χ1v) is 37.2. The van der Waals surface area contributed by atoms with Crippen molar-refractivity contribution in [1.29, 1.82) is 0 Å². The van der Waals surface area contributed by atoms with Crippen LogP contribution in [-0.4, -0.2) is 37.2 Å². The van der Waals surface area contributed by atoms with Crippen molar-refractivity contribution in [3.63, 3.8) is 0 Å². The number of esters is 3.